The molecule has 0 aliphatic carbocycles. The highest BCUT2D eigenvalue weighted by molar-refractivity contribution is 7.90. The van der Waals surface area contributed by atoms with E-state index in [1.54, 1.807) is 24.5 Å². The summed E-state index contributed by atoms with van der Waals surface area (Å²) in [5.41, 5.74) is 3.12. The van der Waals surface area contributed by atoms with Crippen LogP contribution in [0.1, 0.15) is 5.56 Å². The molecular formula is C18H16N2O3S. The molecule has 122 valence electrons. The summed E-state index contributed by atoms with van der Waals surface area (Å²) in [6.07, 6.45) is 4.55. The molecule has 0 saturated carbocycles. The Hall–Kier alpha value is -2.73. The Morgan fingerprint density at radius 3 is 1.96 bits per heavy atom. The van der Waals surface area contributed by atoms with Gasteiger partial charge in [0.1, 0.15) is 5.75 Å². The van der Waals surface area contributed by atoms with Gasteiger partial charge in [0.25, 0.3) is 0 Å². The number of rotatable bonds is 4. The van der Waals surface area contributed by atoms with Crippen LogP contribution in [0.25, 0.3) is 11.1 Å². The number of hydrogen-bond acceptors (Lipinski definition) is 5. The van der Waals surface area contributed by atoms with Crippen LogP contribution in [0.3, 0.4) is 0 Å². The lowest BCUT2D eigenvalue weighted by Gasteiger charge is -2.06. The molecule has 0 radical (unpaired) electrons. The largest absolute Gasteiger partial charge is 0.424 e. The van der Waals surface area contributed by atoms with Gasteiger partial charge in [-0.25, -0.2) is 18.4 Å². The maximum Gasteiger partial charge on any atom is 0.321 e. The summed E-state index contributed by atoms with van der Waals surface area (Å²) >= 11 is 0. The normalized spacial score (nSPS) is 11.2. The van der Waals surface area contributed by atoms with E-state index in [1.807, 2.05) is 31.2 Å². The standard InChI is InChI=1S/C18H16N2O3S/c1-13-3-5-14(6-4-13)15-11-19-18(20-12-15)23-16-7-9-17(10-8-16)24(2,21)22/h3-12H,1-2H3. The first kappa shape index (κ1) is 16.1. The minimum atomic E-state index is -3.22. The first-order chi connectivity index (χ1) is 11.4. The van der Waals surface area contributed by atoms with Gasteiger partial charge in [-0.3, -0.25) is 0 Å². The molecule has 0 fully saturated rings. The Kier molecular flexibility index (Phi) is 4.31. The van der Waals surface area contributed by atoms with Crippen molar-refractivity contribution in [2.45, 2.75) is 11.8 Å². The zero-order valence-corrected chi connectivity index (χ0v) is 14.1. The van der Waals surface area contributed by atoms with E-state index in [-0.39, 0.29) is 10.9 Å². The van der Waals surface area contributed by atoms with Gasteiger partial charge in [0.2, 0.25) is 0 Å². The first-order valence-electron chi connectivity index (χ1n) is 7.29. The minimum absolute atomic E-state index is 0.206. The lowest BCUT2D eigenvalue weighted by Crippen LogP contribution is -1.97. The van der Waals surface area contributed by atoms with Crippen molar-refractivity contribution < 1.29 is 13.2 Å². The Morgan fingerprint density at radius 1 is 0.833 bits per heavy atom. The molecule has 0 aliphatic rings. The van der Waals surface area contributed by atoms with E-state index in [1.165, 1.54) is 17.7 Å². The van der Waals surface area contributed by atoms with E-state index in [0.29, 0.717) is 5.75 Å². The summed E-state index contributed by atoms with van der Waals surface area (Å²) in [7, 11) is -3.22. The second kappa shape index (κ2) is 6.41. The predicted molar refractivity (Wildman–Crippen MR) is 91.8 cm³/mol. The fraction of sp³-hybridized carbons (Fsp3) is 0.111. The van der Waals surface area contributed by atoms with E-state index < -0.39 is 9.84 Å². The second-order valence-electron chi connectivity index (χ2n) is 5.47. The monoisotopic (exact) mass is 340 g/mol. The minimum Gasteiger partial charge on any atom is -0.424 e. The highest BCUT2D eigenvalue weighted by Gasteiger charge is 2.08. The number of aromatic nitrogens is 2. The van der Waals surface area contributed by atoms with Crippen LogP contribution >= 0.6 is 0 Å². The van der Waals surface area contributed by atoms with Crippen LogP contribution in [-0.4, -0.2) is 24.6 Å². The molecule has 6 heteroatoms. The lowest BCUT2D eigenvalue weighted by molar-refractivity contribution is 0.441. The van der Waals surface area contributed by atoms with Crippen molar-refractivity contribution in [3.63, 3.8) is 0 Å². The van der Waals surface area contributed by atoms with Crippen LogP contribution in [0.4, 0.5) is 0 Å². The van der Waals surface area contributed by atoms with Crippen LogP contribution in [0, 0.1) is 6.92 Å². The molecule has 0 unspecified atom stereocenters. The Morgan fingerprint density at radius 2 is 1.42 bits per heavy atom. The quantitative estimate of drug-likeness (QED) is 0.725. The van der Waals surface area contributed by atoms with Crippen molar-refractivity contribution in [3.05, 3.63) is 66.5 Å². The van der Waals surface area contributed by atoms with Gasteiger partial charge in [0.15, 0.2) is 9.84 Å². The number of benzene rings is 2. The zero-order valence-electron chi connectivity index (χ0n) is 13.3. The molecule has 1 aromatic heterocycles. The Balaban J connectivity index is 1.75. The van der Waals surface area contributed by atoms with Crippen molar-refractivity contribution in [3.8, 4) is 22.9 Å². The molecule has 5 nitrogen and oxygen atoms in total. The van der Waals surface area contributed by atoms with Gasteiger partial charge < -0.3 is 4.74 Å². The van der Waals surface area contributed by atoms with Crippen LogP contribution < -0.4 is 4.74 Å². The SMILES string of the molecule is Cc1ccc(-c2cnc(Oc3ccc(S(C)(=O)=O)cc3)nc2)cc1. The van der Waals surface area contributed by atoms with Crippen LogP contribution in [0.2, 0.25) is 0 Å². The van der Waals surface area contributed by atoms with Crippen molar-refractivity contribution in [1.29, 1.82) is 0 Å². The van der Waals surface area contributed by atoms with E-state index in [9.17, 15) is 8.42 Å². The number of hydrogen-bond donors (Lipinski definition) is 0. The number of sulfone groups is 1. The Bertz CT molecular complexity index is 933. The van der Waals surface area contributed by atoms with Crippen molar-refractivity contribution in [1.82, 2.24) is 9.97 Å². The summed E-state index contributed by atoms with van der Waals surface area (Å²) in [6.45, 7) is 2.03. The maximum atomic E-state index is 11.4. The molecule has 3 rings (SSSR count). The third-order valence-electron chi connectivity index (χ3n) is 3.47. The zero-order chi connectivity index (χ0) is 17.2. The third-order valence-corrected chi connectivity index (χ3v) is 4.60. The predicted octanol–water partition coefficient (Wildman–Crippen LogP) is 3.65. The van der Waals surface area contributed by atoms with Gasteiger partial charge in [0, 0.05) is 24.2 Å². The van der Waals surface area contributed by atoms with Gasteiger partial charge in [-0.05, 0) is 36.8 Å². The lowest BCUT2D eigenvalue weighted by atomic mass is 10.1. The van der Waals surface area contributed by atoms with Gasteiger partial charge in [0.05, 0.1) is 4.90 Å². The molecule has 24 heavy (non-hydrogen) atoms. The van der Waals surface area contributed by atoms with Crippen molar-refractivity contribution >= 4 is 9.84 Å². The molecule has 1 heterocycles. The second-order valence-corrected chi connectivity index (χ2v) is 7.48. The third kappa shape index (κ3) is 3.78. The van der Waals surface area contributed by atoms with Crippen molar-refractivity contribution in [2.24, 2.45) is 0 Å². The summed E-state index contributed by atoms with van der Waals surface area (Å²) < 4.78 is 28.4. The molecule has 0 amide bonds. The fourth-order valence-electron chi connectivity index (χ4n) is 2.12. The van der Waals surface area contributed by atoms with E-state index in [4.69, 9.17) is 4.74 Å². The summed E-state index contributed by atoms with van der Waals surface area (Å²) in [5.74, 6) is 0.477. The molecular weight excluding hydrogens is 324 g/mol. The van der Waals surface area contributed by atoms with Crippen molar-refractivity contribution in [2.75, 3.05) is 6.26 Å². The van der Waals surface area contributed by atoms with Gasteiger partial charge in [-0.2, -0.15) is 0 Å². The number of aryl methyl sites for hydroxylation is 1. The van der Waals surface area contributed by atoms with Gasteiger partial charge in [-0.1, -0.05) is 29.8 Å². The maximum absolute atomic E-state index is 11.4. The highest BCUT2D eigenvalue weighted by Crippen LogP contribution is 2.22. The van der Waals surface area contributed by atoms with Gasteiger partial charge in [-0.15, -0.1) is 0 Å². The molecule has 0 spiro atoms. The fourth-order valence-corrected chi connectivity index (χ4v) is 2.75. The van der Waals surface area contributed by atoms with E-state index >= 15 is 0 Å². The van der Waals surface area contributed by atoms with Crippen LogP contribution in [0.5, 0.6) is 11.8 Å². The highest BCUT2D eigenvalue weighted by atomic mass is 32.2. The molecule has 0 N–H and O–H groups in total. The summed E-state index contributed by atoms with van der Waals surface area (Å²) in [4.78, 5) is 8.63. The topological polar surface area (TPSA) is 69.2 Å². The summed E-state index contributed by atoms with van der Waals surface area (Å²) in [5, 5.41) is 0. The van der Waals surface area contributed by atoms with E-state index in [0.717, 1.165) is 17.4 Å². The smallest absolute Gasteiger partial charge is 0.321 e. The molecule has 0 aliphatic heterocycles. The molecule has 0 saturated heterocycles. The number of nitrogens with zero attached hydrogens (tertiary/aromatic N) is 2. The molecule has 2 aromatic carbocycles. The Labute approximate surface area is 140 Å². The molecule has 0 bridgehead atoms. The number of ether oxygens (including phenoxy) is 1. The van der Waals surface area contributed by atoms with E-state index in [2.05, 4.69) is 9.97 Å². The molecule has 0 atom stereocenters. The van der Waals surface area contributed by atoms with Crippen LogP contribution in [0.15, 0.2) is 65.8 Å². The van der Waals surface area contributed by atoms with Gasteiger partial charge >= 0.3 is 6.01 Å². The average molecular weight is 340 g/mol. The summed E-state index contributed by atoms with van der Waals surface area (Å²) in [6, 6.07) is 14.4. The molecule has 3 aromatic rings. The first-order valence-corrected chi connectivity index (χ1v) is 9.18. The average Bonchev–Trinajstić information content (AvgIpc) is 2.56. The van der Waals surface area contributed by atoms with Crippen LogP contribution in [-0.2, 0) is 9.84 Å².